The van der Waals surface area contributed by atoms with Crippen molar-refractivity contribution in [2.75, 3.05) is 0 Å². The molecular formula is C18H16FeO2S-6. The van der Waals surface area contributed by atoms with E-state index in [9.17, 15) is 9.59 Å². The van der Waals surface area contributed by atoms with Gasteiger partial charge in [0.25, 0.3) is 0 Å². The van der Waals surface area contributed by atoms with Crippen LogP contribution in [0, 0.1) is 0 Å². The Morgan fingerprint density at radius 3 is 2.27 bits per heavy atom. The molecule has 1 aromatic heterocycles. The molecule has 0 saturated carbocycles. The molecule has 120 valence electrons. The first-order valence-electron chi connectivity index (χ1n) is 6.77. The number of carbonyl (C=O) groups is 2. The van der Waals surface area contributed by atoms with Crippen LogP contribution in [0.2, 0.25) is 0 Å². The van der Waals surface area contributed by atoms with Crippen LogP contribution in [0.4, 0.5) is 0 Å². The van der Waals surface area contributed by atoms with E-state index in [0.29, 0.717) is 6.42 Å². The van der Waals surface area contributed by atoms with Crippen LogP contribution in [0.3, 0.4) is 0 Å². The maximum atomic E-state index is 11.6. The van der Waals surface area contributed by atoms with E-state index >= 15 is 0 Å². The van der Waals surface area contributed by atoms with Crippen molar-refractivity contribution in [1.82, 2.24) is 0 Å². The topological polar surface area (TPSA) is 34.1 Å². The molecule has 0 bridgehead atoms. The maximum absolute atomic E-state index is 11.6. The Balaban J connectivity index is 0.000000219. The number of hydrogen-bond donors (Lipinski definition) is 0. The van der Waals surface area contributed by atoms with Crippen LogP contribution in [-0.2, 0) is 17.1 Å². The number of carbonyl (C=O) groups excluding carboxylic acids is 2. The van der Waals surface area contributed by atoms with E-state index in [1.54, 1.807) is 0 Å². The molecule has 1 heterocycles. The summed E-state index contributed by atoms with van der Waals surface area (Å²) in [6.07, 6.45) is 0.601. The molecule has 0 saturated heterocycles. The number of hydrogen-bond acceptors (Lipinski definition) is 3. The van der Waals surface area contributed by atoms with Crippen LogP contribution < -0.4 is 0 Å². The molecule has 0 unspecified atom stereocenters. The standard InChI is InChI=1S/C10H7OS.C8H9O.Fe/c11-10(8-4-1-2-5-8)9-6-3-7-12-9;1-2-8(9)7-5-3-4-6-7;/h1-7H;3-6H,2H2,1H3;/q-5;-1;. The molecule has 2 nitrogen and oxygen atoms in total. The molecule has 0 amide bonds. The molecule has 4 heteroatoms. The Kier molecular flexibility index (Phi) is 7.75. The molecular weight excluding hydrogens is 336 g/mol. The third-order valence-corrected chi connectivity index (χ3v) is 3.84. The molecule has 3 aromatic rings. The predicted molar refractivity (Wildman–Crippen MR) is 86.4 cm³/mol. The molecule has 0 aliphatic carbocycles. The Hall–Kier alpha value is -1.74. The van der Waals surface area contributed by atoms with Gasteiger partial charge in [-0.1, -0.05) is 18.6 Å². The van der Waals surface area contributed by atoms with Gasteiger partial charge in [-0.3, -0.25) is 4.88 Å². The van der Waals surface area contributed by atoms with Crippen molar-refractivity contribution in [1.29, 1.82) is 0 Å². The van der Waals surface area contributed by atoms with E-state index in [0.717, 1.165) is 16.0 Å². The fourth-order valence-corrected chi connectivity index (χ4v) is 2.53. The van der Waals surface area contributed by atoms with Crippen molar-refractivity contribution >= 4 is 22.9 Å². The van der Waals surface area contributed by atoms with Crippen molar-refractivity contribution < 1.29 is 26.7 Å². The second-order valence-corrected chi connectivity index (χ2v) is 5.38. The quantitative estimate of drug-likeness (QED) is 0.388. The monoisotopic (exact) mass is 352 g/mol. The average molecular weight is 352 g/mol. The molecule has 22 heavy (non-hydrogen) atoms. The summed E-state index contributed by atoms with van der Waals surface area (Å²) >= 11 is 1.48. The minimum absolute atomic E-state index is 0. The first-order valence-corrected chi connectivity index (χ1v) is 7.65. The summed E-state index contributed by atoms with van der Waals surface area (Å²) in [4.78, 5) is 23.3. The van der Waals surface area contributed by atoms with Gasteiger partial charge in [0.05, 0.1) is 0 Å². The molecule has 0 N–H and O–H groups in total. The van der Waals surface area contributed by atoms with Gasteiger partial charge in [-0.25, -0.2) is 12.1 Å². The van der Waals surface area contributed by atoms with Gasteiger partial charge in [-0.15, -0.1) is 0 Å². The Morgan fingerprint density at radius 1 is 1.14 bits per heavy atom. The van der Waals surface area contributed by atoms with Crippen LogP contribution in [0.5, 0.6) is 0 Å². The van der Waals surface area contributed by atoms with Gasteiger partial charge in [0.1, 0.15) is 5.78 Å². The predicted octanol–water partition coefficient (Wildman–Crippen LogP) is 4.69. The third kappa shape index (κ3) is 4.92. The van der Waals surface area contributed by atoms with E-state index in [2.05, 4.69) is 0 Å². The Labute approximate surface area is 145 Å². The third-order valence-electron chi connectivity index (χ3n) is 2.98. The second-order valence-electron chi connectivity index (χ2n) is 4.43. The average Bonchev–Trinajstić information content (AvgIpc) is 3.29. The van der Waals surface area contributed by atoms with Crippen molar-refractivity contribution in [2.45, 2.75) is 13.3 Å². The summed E-state index contributed by atoms with van der Waals surface area (Å²) in [6, 6.07) is 18.6. The number of thiophene rings is 1. The van der Waals surface area contributed by atoms with Crippen molar-refractivity contribution in [3.05, 3.63) is 82.0 Å². The smallest absolute Gasteiger partial charge is 0.108 e. The molecule has 0 fully saturated rings. The molecule has 3 rings (SSSR count). The normalized spacial score (nSPS) is 9.32. The summed E-state index contributed by atoms with van der Waals surface area (Å²) in [7, 11) is 0. The second kappa shape index (κ2) is 9.31. The molecule has 0 aliphatic heterocycles. The van der Waals surface area contributed by atoms with Gasteiger partial charge in [-0.05, 0) is 11.8 Å². The minimum Gasteiger partial charge on any atom is -0.644 e. The first-order chi connectivity index (χ1) is 10.2. The Bertz CT molecular complexity index is 629. The van der Waals surface area contributed by atoms with Gasteiger partial charge in [0.15, 0.2) is 0 Å². The SMILES string of the molecule is CCC(=O)[c-]1cccc1.O=C(c1cccs1)[c-]1[cH-][cH-][cH-][cH-]1.[Fe]. The summed E-state index contributed by atoms with van der Waals surface area (Å²) in [5.41, 5.74) is 1.61. The fourth-order valence-electron chi connectivity index (χ4n) is 1.84. The maximum Gasteiger partial charge on any atom is 0.108 e. The summed E-state index contributed by atoms with van der Waals surface area (Å²) in [6.45, 7) is 1.87. The van der Waals surface area contributed by atoms with Crippen molar-refractivity contribution in [3.63, 3.8) is 0 Å². The zero-order valence-corrected chi connectivity index (χ0v) is 14.1. The number of ketones is 2. The van der Waals surface area contributed by atoms with Gasteiger partial charge in [-0.2, -0.15) is 18.2 Å². The first kappa shape index (κ1) is 18.3. The van der Waals surface area contributed by atoms with Crippen LogP contribution in [0.15, 0.2) is 66.0 Å². The van der Waals surface area contributed by atoms with Crippen molar-refractivity contribution in [3.8, 4) is 0 Å². The van der Waals surface area contributed by atoms with Crippen LogP contribution >= 0.6 is 11.3 Å². The number of rotatable bonds is 4. The van der Waals surface area contributed by atoms with E-state index in [1.165, 1.54) is 11.3 Å². The summed E-state index contributed by atoms with van der Waals surface area (Å²) in [5.74, 6) is 0.343. The minimum atomic E-state index is 0. The molecule has 0 aliphatic rings. The van der Waals surface area contributed by atoms with Crippen molar-refractivity contribution in [2.24, 2.45) is 0 Å². The van der Waals surface area contributed by atoms with E-state index < -0.39 is 0 Å². The van der Waals surface area contributed by atoms with Gasteiger partial charge < -0.3 is 56.5 Å². The fraction of sp³-hybridized carbons (Fsp3) is 0.111. The van der Waals surface area contributed by atoms with Gasteiger partial charge >= 0.3 is 0 Å². The molecule has 0 atom stereocenters. The Morgan fingerprint density at radius 2 is 1.77 bits per heavy atom. The molecule has 2 aromatic carbocycles. The molecule has 0 radical (unpaired) electrons. The largest absolute Gasteiger partial charge is 0.644 e. The zero-order chi connectivity index (χ0) is 15.1. The van der Waals surface area contributed by atoms with E-state index in [-0.39, 0.29) is 28.6 Å². The van der Waals surface area contributed by atoms with Gasteiger partial charge in [0.2, 0.25) is 0 Å². The van der Waals surface area contributed by atoms with Crippen LogP contribution in [0.25, 0.3) is 0 Å². The van der Waals surface area contributed by atoms with E-state index in [1.807, 2.05) is 73.0 Å². The van der Waals surface area contributed by atoms with Crippen LogP contribution in [-0.4, -0.2) is 11.6 Å². The van der Waals surface area contributed by atoms with Gasteiger partial charge in [0, 0.05) is 17.1 Å². The van der Waals surface area contributed by atoms with Crippen LogP contribution in [0.1, 0.15) is 38.9 Å². The summed E-state index contributed by atoms with van der Waals surface area (Å²) in [5, 5.41) is 1.91. The molecule has 0 spiro atoms. The summed E-state index contributed by atoms with van der Waals surface area (Å²) < 4.78 is 0. The zero-order valence-electron chi connectivity index (χ0n) is 12.1. The van der Waals surface area contributed by atoms with E-state index in [4.69, 9.17) is 0 Å². The number of Topliss-reactive ketones (excluding diaryl/α,β-unsaturated/α-hetero) is 1.